The standard InChI is InChI=1S/C17H26FN/c1-11-5-7-15(16(19)9-11)17(3,4)14-8-6-13(18)10-12(14)2/h6,8,10-11,15-16H,5,7,9,19H2,1-4H3. The predicted octanol–water partition coefficient (Wildman–Crippen LogP) is 4.18. The largest absolute Gasteiger partial charge is 0.327 e. The van der Waals surface area contributed by atoms with Crippen LogP contribution in [0.1, 0.15) is 51.2 Å². The lowest BCUT2D eigenvalue weighted by Gasteiger charge is -2.43. The number of benzene rings is 1. The van der Waals surface area contributed by atoms with Crippen LogP contribution in [0.25, 0.3) is 0 Å². The number of hydrogen-bond acceptors (Lipinski definition) is 1. The molecule has 1 aliphatic carbocycles. The third-order valence-electron chi connectivity index (χ3n) is 4.97. The van der Waals surface area contributed by atoms with E-state index in [9.17, 15) is 4.39 Å². The highest BCUT2D eigenvalue weighted by Gasteiger charge is 2.38. The van der Waals surface area contributed by atoms with Crippen LogP contribution in [0.3, 0.4) is 0 Å². The zero-order valence-electron chi connectivity index (χ0n) is 12.5. The van der Waals surface area contributed by atoms with Gasteiger partial charge in [-0.3, -0.25) is 0 Å². The van der Waals surface area contributed by atoms with Gasteiger partial charge in [0.1, 0.15) is 5.82 Å². The molecule has 0 spiro atoms. The molecule has 1 aromatic rings. The van der Waals surface area contributed by atoms with Gasteiger partial charge in [0.05, 0.1) is 0 Å². The van der Waals surface area contributed by atoms with Crippen molar-refractivity contribution in [1.29, 1.82) is 0 Å². The van der Waals surface area contributed by atoms with Crippen molar-refractivity contribution in [3.63, 3.8) is 0 Å². The maximum Gasteiger partial charge on any atom is 0.123 e. The Labute approximate surface area is 116 Å². The average molecular weight is 263 g/mol. The van der Waals surface area contributed by atoms with E-state index in [4.69, 9.17) is 5.73 Å². The highest BCUT2D eigenvalue weighted by atomic mass is 19.1. The Morgan fingerprint density at radius 2 is 1.95 bits per heavy atom. The molecule has 1 aliphatic rings. The van der Waals surface area contributed by atoms with E-state index in [-0.39, 0.29) is 17.3 Å². The van der Waals surface area contributed by atoms with Crippen LogP contribution >= 0.6 is 0 Å². The van der Waals surface area contributed by atoms with E-state index in [1.165, 1.54) is 18.4 Å². The first kappa shape index (κ1) is 14.5. The summed E-state index contributed by atoms with van der Waals surface area (Å²) in [5, 5.41) is 0. The molecule has 2 rings (SSSR count). The van der Waals surface area contributed by atoms with Gasteiger partial charge < -0.3 is 5.73 Å². The van der Waals surface area contributed by atoms with Gasteiger partial charge in [-0.05, 0) is 60.3 Å². The number of nitrogens with two attached hydrogens (primary N) is 1. The Hall–Kier alpha value is -0.890. The van der Waals surface area contributed by atoms with E-state index < -0.39 is 0 Å². The van der Waals surface area contributed by atoms with Gasteiger partial charge >= 0.3 is 0 Å². The lowest BCUT2D eigenvalue weighted by atomic mass is 9.63. The maximum atomic E-state index is 13.3. The summed E-state index contributed by atoms with van der Waals surface area (Å²) in [5.41, 5.74) is 8.69. The van der Waals surface area contributed by atoms with E-state index in [1.807, 2.05) is 13.0 Å². The lowest BCUT2D eigenvalue weighted by molar-refractivity contribution is 0.170. The van der Waals surface area contributed by atoms with Crippen molar-refractivity contribution in [2.45, 2.75) is 58.4 Å². The van der Waals surface area contributed by atoms with Crippen molar-refractivity contribution in [2.75, 3.05) is 0 Å². The van der Waals surface area contributed by atoms with Crippen LogP contribution in [0.5, 0.6) is 0 Å². The first-order valence-electron chi connectivity index (χ1n) is 7.34. The molecule has 0 radical (unpaired) electrons. The third-order valence-corrected chi connectivity index (χ3v) is 4.97. The molecule has 0 saturated heterocycles. The van der Waals surface area contributed by atoms with E-state index in [0.29, 0.717) is 5.92 Å². The van der Waals surface area contributed by atoms with Gasteiger partial charge in [0, 0.05) is 6.04 Å². The van der Waals surface area contributed by atoms with Crippen molar-refractivity contribution < 1.29 is 4.39 Å². The van der Waals surface area contributed by atoms with Crippen LogP contribution in [-0.2, 0) is 5.41 Å². The van der Waals surface area contributed by atoms with Crippen molar-refractivity contribution in [2.24, 2.45) is 17.6 Å². The normalized spacial score (nSPS) is 28.4. The van der Waals surface area contributed by atoms with Gasteiger partial charge in [-0.25, -0.2) is 4.39 Å². The van der Waals surface area contributed by atoms with E-state index in [2.05, 4.69) is 20.8 Å². The van der Waals surface area contributed by atoms with Crippen LogP contribution < -0.4 is 5.73 Å². The Morgan fingerprint density at radius 1 is 1.26 bits per heavy atom. The van der Waals surface area contributed by atoms with E-state index >= 15 is 0 Å². The zero-order valence-corrected chi connectivity index (χ0v) is 12.5. The fourth-order valence-electron chi connectivity index (χ4n) is 3.87. The van der Waals surface area contributed by atoms with Gasteiger partial charge in [-0.1, -0.05) is 33.3 Å². The Morgan fingerprint density at radius 3 is 2.53 bits per heavy atom. The summed E-state index contributed by atoms with van der Waals surface area (Å²) in [6.45, 7) is 8.80. The zero-order chi connectivity index (χ0) is 14.2. The summed E-state index contributed by atoms with van der Waals surface area (Å²) < 4.78 is 13.3. The fourth-order valence-corrected chi connectivity index (χ4v) is 3.87. The van der Waals surface area contributed by atoms with E-state index in [0.717, 1.165) is 17.9 Å². The molecule has 2 heteroatoms. The first-order chi connectivity index (χ1) is 8.82. The van der Waals surface area contributed by atoms with Crippen molar-refractivity contribution >= 4 is 0 Å². The molecule has 0 aliphatic heterocycles. The SMILES string of the molecule is Cc1cc(F)ccc1C(C)(C)C1CCC(C)CC1N. The molecule has 0 bridgehead atoms. The molecule has 3 unspecified atom stereocenters. The number of rotatable bonds is 2. The minimum absolute atomic E-state index is 0.0112. The molecule has 0 aromatic heterocycles. The molecule has 0 heterocycles. The molecular weight excluding hydrogens is 237 g/mol. The summed E-state index contributed by atoms with van der Waals surface area (Å²) in [7, 11) is 0. The van der Waals surface area contributed by atoms with Crippen molar-refractivity contribution in [1.82, 2.24) is 0 Å². The monoisotopic (exact) mass is 263 g/mol. The quantitative estimate of drug-likeness (QED) is 0.851. The minimum atomic E-state index is -0.154. The van der Waals surface area contributed by atoms with Crippen LogP contribution in [-0.4, -0.2) is 6.04 Å². The molecule has 1 saturated carbocycles. The molecule has 1 fully saturated rings. The van der Waals surface area contributed by atoms with Crippen LogP contribution in [0, 0.1) is 24.6 Å². The van der Waals surface area contributed by atoms with Crippen molar-refractivity contribution in [3.05, 3.63) is 35.1 Å². The topological polar surface area (TPSA) is 26.0 Å². The number of aryl methyl sites for hydroxylation is 1. The molecule has 0 amide bonds. The molecule has 2 N–H and O–H groups in total. The molecular formula is C17H26FN. The highest BCUT2D eigenvalue weighted by molar-refractivity contribution is 5.34. The van der Waals surface area contributed by atoms with Crippen LogP contribution in [0.4, 0.5) is 4.39 Å². The maximum absolute atomic E-state index is 13.3. The second-order valence-corrected chi connectivity index (χ2v) is 6.87. The first-order valence-corrected chi connectivity index (χ1v) is 7.34. The Balaban J connectivity index is 2.30. The van der Waals surface area contributed by atoms with Gasteiger partial charge in [-0.15, -0.1) is 0 Å². The van der Waals surface area contributed by atoms with Crippen molar-refractivity contribution in [3.8, 4) is 0 Å². The average Bonchev–Trinajstić information content (AvgIpc) is 2.27. The number of hydrogen-bond donors (Lipinski definition) is 1. The van der Waals surface area contributed by atoms with Crippen LogP contribution in [0.2, 0.25) is 0 Å². The van der Waals surface area contributed by atoms with Gasteiger partial charge in [0.15, 0.2) is 0 Å². The molecule has 3 atom stereocenters. The summed E-state index contributed by atoms with van der Waals surface area (Å²) in [6.07, 6.45) is 3.53. The van der Waals surface area contributed by atoms with E-state index in [1.54, 1.807) is 12.1 Å². The minimum Gasteiger partial charge on any atom is -0.327 e. The fraction of sp³-hybridized carbons (Fsp3) is 0.647. The molecule has 106 valence electrons. The predicted molar refractivity (Wildman–Crippen MR) is 78.6 cm³/mol. The summed E-state index contributed by atoms with van der Waals surface area (Å²) in [6, 6.07) is 5.40. The van der Waals surface area contributed by atoms with Gasteiger partial charge in [-0.2, -0.15) is 0 Å². The number of halogens is 1. The highest BCUT2D eigenvalue weighted by Crippen LogP contribution is 2.42. The Bertz CT molecular complexity index is 453. The van der Waals surface area contributed by atoms with Gasteiger partial charge in [0.25, 0.3) is 0 Å². The third kappa shape index (κ3) is 2.84. The molecule has 19 heavy (non-hydrogen) atoms. The second kappa shape index (κ2) is 5.24. The van der Waals surface area contributed by atoms with Gasteiger partial charge in [0.2, 0.25) is 0 Å². The second-order valence-electron chi connectivity index (χ2n) is 6.87. The molecule has 1 aromatic carbocycles. The smallest absolute Gasteiger partial charge is 0.123 e. The lowest BCUT2D eigenvalue weighted by Crippen LogP contribution is -2.46. The summed E-state index contributed by atoms with van der Waals surface area (Å²) in [4.78, 5) is 0. The Kier molecular flexibility index (Phi) is 4.00. The van der Waals surface area contributed by atoms with Crippen LogP contribution in [0.15, 0.2) is 18.2 Å². The molecule has 1 nitrogen and oxygen atoms in total. The summed E-state index contributed by atoms with van der Waals surface area (Å²) >= 11 is 0. The summed E-state index contributed by atoms with van der Waals surface area (Å²) in [5.74, 6) is 1.06.